The van der Waals surface area contributed by atoms with Crippen molar-refractivity contribution in [3.05, 3.63) is 16.5 Å². The van der Waals surface area contributed by atoms with Crippen LogP contribution in [0.1, 0.15) is 44.0 Å². The van der Waals surface area contributed by atoms with Gasteiger partial charge in [0.25, 0.3) is 0 Å². The van der Waals surface area contributed by atoms with Crippen LogP contribution >= 0.6 is 11.6 Å². The molecular weight excluding hydrogens is 310 g/mol. The molecule has 0 unspecified atom stereocenters. The van der Waals surface area contributed by atoms with Gasteiger partial charge < -0.3 is 5.32 Å². The van der Waals surface area contributed by atoms with E-state index in [9.17, 15) is 8.42 Å². The maximum Gasteiger partial charge on any atom is 0.150 e. The van der Waals surface area contributed by atoms with Gasteiger partial charge in [-0.3, -0.25) is 0 Å². The molecule has 0 amide bonds. The van der Waals surface area contributed by atoms with Gasteiger partial charge in [0.15, 0.2) is 0 Å². The highest BCUT2D eigenvalue weighted by Gasteiger charge is 2.29. The predicted octanol–water partition coefficient (Wildman–Crippen LogP) is 2.77. The van der Waals surface area contributed by atoms with Crippen molar-refractivity contribution in [1.82, 2.24) is 9.97 Å². The molecule has 1 saturated carbocycles. The lowest BCUT2D eigenvalue weighted by Gasteiger charge is -2.29. The summed E-state index contributed by atoms with van der Waals surface area (Å²) in [6.45, 7) is 3.85. The van der Waals surface area contributed by atoms with Gasteiger partial charge in [0.05, 0.1) is 5.25 Å². The monoisotopic (exact) mass is 331 g/mol. The first-order chi connectivity index (χ1) is 9.81. The van der Waals surface area contributed by atoms with E-state index in [-0.39, 0.29) is 11.3 Å². The van der Waals surface area contributed by atoms with Crippen LogP contribution in [0.5, 0.6) is 0 Å². The normalized spacial score (nSPS) is 23.0. The minimum atomic E-state index is -2.98. The largest absolute Gasteiger partial charge is 0.367 e. The number of anilines is 1. The SMILES string of the molecule is CCc1nc(Cl)c(C)c(N[C@H]2CCC[C@@H](S(C)(=O)=O)C2)n1. The van der Waals surface area contributed by atoms with Crippen LogP contribution in [0.25, 0.3) is 0 Å². The van der Waals surface area contributed by atoms with Crippen LogP contribution in [0.15, 0.2) is 0 Å². The number of rotatable bonds is 4. The van der Waals surface area contributed by atoms with E-state index in [1.807, 2.05) is 13.8 Å². The zero-order valence-electron chi connectivity index (χ0n) is 12.7. The summed E-state index contributed by atoms with van der Waals surface area (Å²) in [5.74, 6) is 1.43. The zero-order valence-corrected chi connectivity index (χ0v) is 14.3. The summed E-state index contributed by atoms with van der Waals surface area (Å²) < 4.78 is 23.5. The maximum absolute atomic E-state index is 11.7. The third-order valence-electron chi connectivity index (χ3n) is 4.02. The Labute approximate surface area is 131 Å². The Kier molecular flexibility index (Phi) is 5.09. The molecule has 1 fully saturated rings. The molecule has 1 heterocycles. The summed E-state index contributed by atoms with van der Waals surface area (Å²) in [6, 6.07) is 0.118. The molecule has 2 atom stereocenters. The Bertz CT molecular complexity index is 619. The van der Waals surface area contributed by atoms with Crippen LogP contribution in [-0.2, 0) is 16.3 Å². The Balaban J connectivity index is 2.16. The highest BCUT2D eigenvalue weighted by atomic mass is 35.5. The van der Waals surface area contributed by atoms with Crippen LogP contribution in [0.3, 0.4) is 0 Å². The van der Waals surface area contributed by atoms with Gasteiger partial charge in [0, 0.05) is 24.3 Å². The lowest BCUT2D eigenvalue weighted by Crippen LogP contribution is -2.34. The van der Waals surface area contributed by atoms with Crippen molar-refractivity contribution in [2.75, 3.05) is 11.6 Å². The molecule has 7 heteroatoms. The molecule has 1 aromatic heterocycles. The lowest BCUT2D eigenvalue weighted by atomic mass is 9.95. The van der Waals surface area contributed by atoms with Crippen molar-refractivity contribution in [1.29, 1.82) is 0 Å². The number of nitrogens with one attached hydrogen (secondary N) is 1. The average molecular weight is 332 g/mol. The quantitative estimate of drug-likeness (QED) is 0.859. The summed E-state index contributed by atoms with van der Waals surface area (Å²) in [5, 5.41) is 3.57. The summed E-state index contributed by atoms with van der Waals surface area (Å²) in [4.78, 5) is 8.69. The van der Waals surface area contributed by atoms with E-state index in [2.05, 4.69) is 15.3 Å². The van der Waals surface area contributed by atoms with E-state index in [0.717, 1.165) is 30.6 Å². The van der Waals surface area contributed by atoms with E-state index < -0.39 is 9.84 Å². The van der Waals surface area contributed by atoms with Crippen LogP contribution in [0.2, 0.25) is 5.15 Å². The number of hydrogen-bond acceptors (Lipinski definition) is 5. The second kappa shape index (κ2) is 6.48. The van der Waals surface area contributed by atoms with Crippen molar-refractivity contribution in [2.24, 2.45) is 0 Å². The summed E-state index contributed by atoms with van der Waals surface area (Å²) in [5.41, 5.74) is 0.815. The van der Waals surface area contributed by atoms with E-state index in [1.54, 1.807) is 0 Å². The molecule has 0 spiro atoms. The smallest absolute Gasteiger partial charge is 0.150 e. The van der Waals surface area contributed by atoms with E-state index in [1.165, 1.54) is 6.26 Å². The van der Waals surface area contributed by atoms with Gasteiger partial charge in [-0.05, 0) is 26.2 Å². The Hall–Kier alpha value is -0.880. The second-order valence-electron chi connectivity index (χ2n) is 5.72. The minimum absolute atomic E-state index is 0.118. The van der Waals surface area contributed by atoms with Gasteiger partial charge in [-0.2, -0.15) is 0 Å². The molecule has 1 aliphatic carbocycles. The first-order valence-electron chi connectivity index (χ1n) is 7.29. The predicted molar refractivity (Wildman–Crippen MR) is 85.7 cm³/mol. The first kappa shape index (κ1) is 16.5. The first-order valence-corrected chi connectivity index (χ1v) is 9.63. The van der Waals surface area contributed by atoms with Gasteiger partial charge in [-0.1, -0.05) is 24.9 Å². The van der Waals surface area contributed by atoms with Crippen molar-refractivity contribution in [3.63, 3.8) is 0 Å². The molecular formula is C14H22ClN3O2S. The highest BCUT2D eigenvalue weighted by Crippen LogP contribution is 2.28. The number of sulfone groups is 1. The number of nitrogens with zero attached hydrogens (tertiary/aromatic N) is 2. The topological polar surface area (TPSA) is 72.0 Å². The molecule has 1 aliphatic rings. The van der Waals surface area contributed by atoms with Crippen LogP contribution in [0.4, 0.5) is 5.82 Å². The Morgan fingerprint density at radius 2 is 2.05 bits per heavy atom. The fraction of sp³-hybridized carbons (Fsp3) is 0.714. The fourth-order valence-electron chi connectivity index (χ4n) is 2.69. The van der Waals surface area contributed by atoms with Crippen LogP contribution in [-0.4, -0.2) is 35.9 Å². The molecule has 0 aromatic carbocycles. The van der Waals surface area contributed by atoms with Crippen molar-refractivity contribution in [2.45, 2.75) is 57.2 Å². The molecule has 0 radical (unpaired) electrons. The molecule has 1 N–H and O–H groups in total. The van der Waals surface area contributed by atoms with Gasteiger partial charge >= 0.3 is 0 Å². The molecule has 1 aromatic rings. The minimum Gasteiger partial charge on any atom is -0.367 e. The number of aromatic nitrogens is 2. The van der Waals surface area contributed by atoms with Gasteiger partial charge in [-0.15, -0.1) is 0 Å². The third kappa shape index (κ3) is 4.07. The summed E-state index contributed by atoms with van der Waals surface area (Å²) in [6.07, 6.45) is 5.28. The maximum atomic E-state index is 11.7. The molecule has 0 bridgehead atoms. The molecule has 0 saturated heterocycles. The highest BCUT2D eigenvalue weighted by molar-refractivity contribution is 7.91. The Morgan fingerprint density at radius 3 is 2.67 bits per heavy atom. The van der Waals surface area contributed by atoms with Gasteiger partial charge in [-0.25, -0.2) is 18.4 Å². The van der Waals surface area contributed by atoms with Crippen molar-refractivity contribution in [3.8, 4) is 0 Å². The van der Waals surface area contributed by atoms with E-state index in [4.69, 9.17) is 11.6 Å². The Morgan fingerprint density at radius 1 is 1.33 bits per heavy atom. The molecule has 5 nitrogen and oxygen atoms in total. The van der Waals surface area contributed by atoms with E-state index in [0.29, 0.717) is 23.8 Å². The number of halogens is 1. The van der Waals surface area contributed by atoms with Crippen molar-refractivity contribution >= 4 is 27.3 Å². The van der Waals surface area contributed by atoms with Gasteiger partial charge in [0.1, 0.15) is 26.6 Å². The molecule has 0 aliphatic heterocycles. The fourth-order valence-corrected chi connectivity index (χ4v) is 4.05. The number of hydrogen-bond donors (Lipinski definition) is 1. The standard InChI is InChI=1S/C14H22ClN3O2S/c1-4-12-17-13(15)9(2)14(18-12)16-10-6-5-7-11(8-10)21(3,19)20/h10-11H,4-8H2,1-3H3,(H,16,17,18)/t10-,11+/m0/s1. The lowest BCUT2D eigenvalue weighted by molar-refractivity contribution is 0.452. The molecule has 21 heavy (non-hydrogen) atoms. The second-order valence-corrected chi connectivity index (χ2v) is 8.40. The third-order valence-corrected chi connectivity index (χ3v) is 6.03. The summed E-state index contributed by atoms with van der Waals surface area (Å²) >= 11 is 6.13. The summed E-state index contributed by atoms with van der Waals surface area (Å²) in [7, 11) is -2.98. The van der Waals surface area contributed by atoms with Crippen LogP contribution < -0.4 is 5.32 Å². The molecule has 118 valence electrons. The average Bonchev–Trinajstić information content (AvgIpc) is 2.43. The number of aryl methyl sites for hydroxylation is 1. The molecule has 2 rings (SSSR count). The zero-order chi connectivity index (χ0) is 15.6. The van der Waals surface area contributed by atoms with E-state index >= 15 is 0 Å². The van der Waals surface area contributed by atoms with Gasteiger partial charge in [0.2, 0.25) is 0 Å². The van der Waals surface area contributed by atoms with Crippen molar-refractivity contribution < 1.29 is 8.42 Å². The van der Waals surface area contributed by atoms with Crippen LogP contribution in [0, 0.1) is 6.92 Å².